The molecule has 3 aromatic rings. The van der Waals surface area contributed by atoms with Gasteiger partial charge in [0.15, 0.2) is 6.73 Å². The fourth-order valence-corrected chi connectivity index (χ4v) is 4.84. The number of ether oxygens (including phenoxy) is 2. The lowest BCUT2D eigenvalue weighted by atomic mass is 9.76. The lowest BCUT2D eigenvalue weighted by Gasteiger charge is -2.30. The molecule has 5 nitrogen and oxygen atoms in total. The molecule has 0 saturated heterocycles. The standard InChI is InChI=1S/C28H30ClN3O2/c1-4-32-25-14-13-23(33-3)16-24(25)28(2,17-20-9-8-12-22(29)15-20)26(32)18-31-19-34-27(30)21-10-6-5-7-11-21/h5-16,18,30-31H,4,17,19H2,1-3H3/b26-18-,30-27?. The molecule has 0 radical (unpaired) electrons. The van der Waals surface area contributed by atoms with Crippen LogP contribution >= 0.6 is 11.6 Å². The molecule has 0 fully saturated rings. The van der Waals surface area contributed by atoms with E-state index in [1.165, 1.54) is 11.3 Å². The monoisotopic (exact) mass is 475 g/mol. The summed E-state index contributed by atoms with van der Waals surface area (Å²) in [6, 6.07) is 23.7. The normalized spacial score (nSPS) is 18.0. The van der Waals surface area contributed by atoms with Gasteiger partial charge in [-0.3, -0.25) is 5.41 Å². The zero-order valence-corrected chi connectivity index (χ0v) is 20.5. The Morgan fingerprint density at radius 2 is 1.88 bits per heavy atom. The molecule has 1 aliphatic heterocycles. The van der Waals surface area contributed by atoms with Gasteiger partial charge in [-0.05, 0) is 73.9 Å². The van der Waals surface area contributed by atoms with E-state index in [1.807, 2.05) is 60.8 Å². The molecule has 4 rings (SSSR count). The molecular weight excluding hydrogens is 446 g/mol. The Morgan fingerprint density at radius 3 is 2.59 bits per heavy atom. The third kappa shape index (κ3) is 4.75. The summed E-state index contributed by atoms with van der Waals surface area (Å²) < 4.78 is 11.2. The summed E-state index contributed by atoms with van der Waals surface area (Å²) in [7, 11) is 1.69. The topological polar surface area (TPSA) is 57.6 Å². The lowest BCUT2D eigenvalue weighted by molar-refractivity contribution is 0.287. The number of nitrogens with one attached hydrogen (secondary N) is 2. The van der Waals surface area contributed by atoms with Crippen molar-refractivity contribution in [3.05, 3.63) is 106 Å². The number of fused-ring (bicyclic) bond motifs is 1. The average Bonchev–Trinajstić information content (AvgIpc) is 3.08. The molecule has 1 unspecified atom stereocenters. The van der Waals surface area contributed by atoms with Crippen LogP contribution in [0.5, 0.6) is 5.75 Å². The lowest BCUT2D eigenvalue weighted by Crippen LogP contribution is -2.32. The van der Waals surface area contributed by atoms with Crippen LogP contribution in [0.3, 0.4) is 0 Å². The second-order valence-corrected chi connectivity index (χ2v) is 8.92. The minimum atomic E-state index is -0.315. The van der Waals surface area contributed by atoms with E-state index in [4.69, 9.17) is 26.5 Å². The van der Waals surface area contributed by atoms with E-state index >= 15 is 0 Å². The first-order valence-electron chi connectivity index (χ1n) is 11.4. The van der Waals surface area contributed by atoms with Gasteiger partial charge in [-0.25, -0.2) is 0 Å². The second-order valence-electron chi connectivity index (χ2n) is 8.48. The Balaban J connectivity index is 1.63. The number of methoxy groups -OCH3 is 1. The summed E-state index contributed by atoms with van der Waals surface area (Å²) in [6.45, 7) is 5.41. The Labute approximate surface area is 206 Å². The summed E-state index contributed by atoms with van der Waals surface area (Å²) in [5.41, 5.74) is 5.10. The van der Waals surface area contributed by atoms with Crippen LogP contribution in [0.1, 0.15) is 30.5 Å². The number of rotatable bonds is 8. The van der Waals surface area contributed by atoms with Gasteiger partial charge in [0.1, 0.15) is 5.75 Å². The minimum absolute atomic E-state index is 0.139. The van der Waals surface area contributed by atoms with Crippen LogP contribution < -0.4 is 15.0 Å². The Kier molecular flexibility index (Phi) is 7.13. The quantitative estimate of drug-likeness (QED) is 0.178. The van der Waals surface area contributed by atoms with Crippen LogP contribution in [0.15, 0.2) is 84.7 Å². The molecule has 0 bridgehead atoms. The van der Waals surface area contributed by atoms with Crippen LogP contribution in [0.25, 0.3) is 0 Å². The number of allylic oxidation sites excluding steroid dienone is 1. The van der Waals surface area contributed by atoms with E-state index in [1.54, 1.807) is 7.11 Å². The largest absolute Gasteiger partial charge is 0.497 e. The third-order valence-corrected chi connectivity index (χ3v) is 6.52. The Hall–Kier alpha value is -3.44. The number of nitrogens with zero attached hydrogens (tertiary/aromatic N) is 1. The van der Waals surface area contributed by atoms with E-state index in [9.17, 15) is 0 Å². The van der Waals surface area contributed by atoms with Crippen LogP contribution in [0.2, 0.25) is 5.02 Å². The highest BCUT2D eigenvalue weighted by atomic mass is 35.5. The zero-order valence-electron chi connectivity index (χ0n) is 19.8. The first-order chi connectivity index (χ1) is 16.5. The predicted molar refractivity (Wildman–Crippen MR) is 139 cm³/mol. The molecule has 2 N–H and O–H groups in total. The summed E-state index contributed by atoms with van der Waals surface area (Å²) >= 11 is 6.30. The summed E-state index contributed by atoms with van der Waals surface area (Å²) in [4.78, 5) is 2.31. The molecule has 0 saturated carbocycles. The van der Waals surface area contributed by atoms with Crippen molar-refractivity contribution in [2.75, 3.05) is 25.3 Å². The van der Waals surface area contributed by atoms with Crippen molar-refractivity contribution < 1.29 is 9.47 Å². The van der Waals surface area contributed by atoms with E-state index in [-0.39, 0.29) is 18.0 Å². The van der Waals surface area contributed by atoms with Crippen LogP contribution in [0, 0.1) is 5.41 Å². The second kappa shape index (κ2) is 10.2. The number of anilines is 1. The van der Waals surface area contributed by atoms with Crippen molar-refractivity contribution in [3.8, 4) is 5.75 Å². The van der Waals surface area contributed by atoms with E-state index < -0.39 is 0 Å². The molecule has 1 aliphatic rings. The molecule has 1 atom stereocenters. The maximum absolute atomic E-state index is 8.17. The molecule has 3 aromatic carbocycles. The van der Waals surface area contributed by atoms with Gasteiger partial charge in [0.05, 0.1) is 7.11 Å². The number of benzene rings is 3. The fraction of sp³-hybridized carbons (Fsp3) is 0.250. The molecule has 0 aliphatic carbocycles. The first-order valence-corrected chi connectivity index (χ1v) is 11.8. The predicted octanol–water partition coefficient (Wildman–Crippen LogP) is 6.12. The molecule has 34 heavy (non-hydrogen) atoms. The minimum Gasteiger partial charge on any atom is -0.497 e. The number of likely N-dealkylation sites (N-methyl/N-ethyl adjacent to an activating group) is 1. The van der Waals surface area contributed by atoms with Crippen LogP contribution in [-0.2, 0) is 16.6 Å². The van der Waals surface area contributed by atoms with Gasteiger partial charge < -0.3 is 19.7 Å². The molecule has 1 heterocycles. The highest BCUT2D eigenvalue weighted by Gasteiger charge is 2.43. The molecule has 0 aromatic heterocycles. The number of hydrogen-bond donors (Lipinski definition) is 2. The van der Waals surface area contributed by atoms with Crippen molar-refractivity contribution in [1.82, 2.24) is 5.32 Å². The highest BCUT2D eigenvalue weighted by molar-refractivity contribution is 6.30. The molecule has 0 amide bonds. The zero-order chi connectivity index (χ0) is 24.1. The maximum Gasteiger partial charge on any atom is 0.214 e. The summed E-state index contributed by atoms with van der Waals surface area (Å²) in [5, 5.41) is 12.2. The molecule has 6 heteroatoms. The van der Waals surface area contributed by atoms with Crippen LogP contribution in [-0.4, -0.2) is 26.3 Å². The Morgan fingerprint density at radius 1 is 1.09 bits per heavy atom. The van der Waals surface area contributed by atoms with E-state index in [0.717, 1.165) is 40.6 Å². The Bertz CT molecular complexity index is 1200. The number of halogens is 1. The van der Waals surface area contributed by atoms with E-state index in [2.05, 4.69) is 42.3 Å². The highest BCUT2D eigenvalue weighted by Crippen LogP contribution is 2.50. The van der Waals surface area contributed by atoms with Gasteiger partial charge in [0, 0.05) is 40.1 Å². The van der Waals surface area contributed by atoms with Crippen molar-refractivity contribution >= 4 is 23.2 Å². The van der Waals surface area contributed by atoms with Crippen LogP contribution in [0.4, 0.5) is 5.69 Å². The smallest absolute Gasteiger partial charge is 0.214 e. The van der Waals surface area contributed by atoms with Gasteiger partial charge in [-0.1, -0.05) is 41.9 Å². The van der Waals surface area contributed by atoms with Gasteiger partial charge >= 0.3 is 0 Å². The fourth-order valence-electron chi connectivity index (χ4n) is 4.63. The molecule has 176 valence electrons. The maximum atomic E-state index is 8.17. The van der Waals surface area contributed by atoms with Crippen molar-refractivity contribution in [1.29, 1.82) is 5.41 Å². The van der Waals surface area contributed by atoms with Crippen molar-refractivity contribution in [2.24, 2.45) is 0 Å². The summed E-state index contributed by atoms with van der Waals surface area (Å²) in [5.74, 6) is 0.973. The van der Waals surface area contributed by atoms with Crippen molar-refractivity contribution in [2.45, 2.75) is 25.7 Å². The van der Waals surface area contributed by atoms with Crippen molar-refractivity contribution in [3.63, 3.8) is 0 Å². The SMILES string of the molecule is CCN1/C(=C\NCOC(=N)c2ccccc2)C(C)(Cc2cccc(Cl)c2)c2cc(OC)ccc21. The van der Waals surface area contributed by atoms with Gasteiger partial charge in [-0.2, -0.15) is 0 Å². The number of hydrogen-bond acceptors (Lipinski definition) is 5. The van der Waals surface area contributed by atoms with Gasteiger partial charge in [0.25, 0.3) is 0 Å². The third-order valence-electron chi connectivity index (χ3n) is 6.28. The van der Waals surface area contributed by atoms with E-state index in [0.29, 0.717) is 0 Å². The summed E-state index contributed by atoms with van der Waals surface area (Å²) in [6.07, 6.45) is 2.79. The average molecular weight is 476 g/mol. The molecular formula is C28H30ClN3O2. The van der Waals surface area contributed by atoms with Gasteiger partial charge in [0.2, 0.25) is 5.90 Å². The van der Waals surface area contributed by atoms with Gasteiger partial charge in [-0.15, -0.1) is 0 Å². The molecule has 0 spiro atoms. The first kappa shape index (κ1) is 23.7.